The molecule has 0 aliphatic carbocycles. The van der Waals surface area contributed by atoms with Gasteiger partial charge in [-0.2, -0.15) is 0 Å². The summed E-state index contributed by atoms with van der Waals surface area (Å²) < 4.78 is 0. The third kappa shape index (κ3) is 4.03. The number of hydrogen-bond donors (Lipinski definition) is 1. The van der Waals surface area contributed by atoms with Crippen molar-refractivity contribution in [3.63, 3.8) is 0 Å². The first-order valence-corrected chi connectivity index (χ1v) is 2.65. The van der Waals surface area contributed by atoms with Crippen LogP contribution in [0.2, 0.25) is 0 Å². The normalized spacial score (nSPS) is 11.0. The van der Waals surface area contributed by atoms with Crippen LogP contribution in [-0.4, -0.2) is 25.4 Å². The zero-order chi connectivity index (χ0) is 5.70. The van der Waals surface area contributed by atoms with Gasteiger partial charge in [0.2, 0.25) is 0 Å². The Kier molecular flexibility index (Phi) is 4.46. The molecule has 0 aromatic carbocycles. The summed E-state index contributed by atoms with van der Waals surface area (Å²) >= 11 is 5.33. The standard InChI is InChI=1S/C4H9BClN/c1-4(5-6)3-7-2/h7H,3H2,1-2H3. The molecule has 0 heterocycles. The first kappa shape index (κ1) is 7.18. The predicted octanol–water partition coefficient (Wildman–Crippen LogP) is 0.256. The molecule has 0 fully saturated rings. The molecule has 0 radical (unpaired) electrons. The molecular formula is C4H9BClN. The molecule has 0 unspecified atom stereocenters. The summed E-state index contributed by atoms with van der Waals surface area (Å²) in [6, 6.07) is 0. The minimum absolute atomic E-state index is 0.878. The maximum absolute atomic E-state index is 5.33. The van der Waals surface area contributed by atoms with Gasteiger partial charge < -0.3 is 0 Å². The Morgan fingerprint density at radius 2 is 2.43 bits per heavy atom. The molecule has 0 bridgehead atoms. The van der Waals surface area contributed by atoms with E-state index in [0.717, 1.165) is 12.0 Å². The van der Waals surface area contributed by atoms with E-state index in [2.05, 4.69) is 5.32 Å². The van der Waals surface area contributed by atoms with Crippen molar-refractivity contribution in [2.24, 2.45) is 0 Å². The van der Waals surface area contributed by atoms with Gasteiger partial charge in [0.05, 0.1) is 0 Å². The average Bonchev–Trinajstić information content (AvgIpc) is 1.68. The molecule has 1 nitrogen and oxygen atoms in total. The number of hydrogen-bond acceptors (Lipinski definition) is 1. The number of halogens is 1. The van der Waals surface area contributed by atoms with Crippen molar-refractivity contribution < 1.29 is 0 Å². The van der Waals surface area contributed by atoms with Crippen LogP contribution in [0.4, 0.5) is 0 Å². The Balaban J connectivity index is 3.17. The minimum atomic E-state index is 0.878. The van der Waals surface area contributed by atoms with Crippen molar-refractivity contribution in [1.29, 1.82) is 0 Å². The second-order valence-corrected chi connectivity index (χ2v) is 1.70. The maximum atomic E-state index is 5.33. The van der Waals surface area contributed by atoms with E-state index in [9.17, 15) is 0 Å². The van der Waals surface area contributed by atoms with Gasteiger partial charge in [-0.25, -0.2) is 0 Å². The van der Waals surface area contributed by atoms with Gasteiger partial charge in [-0.3, -0.25) is 0 Å². The Hall–Kier alpha value is 0.185. The van der Waals surface area contributed by atoms with E-state index in [-0.39, 0.29) is 0 Å². The Morgan fingerprint density at radius 3 is 2.57 bits per heavy atom. The summed E-state index contributed by atoms with van der Waals surface area (Å²) in [5, 5.41) is 2.97. The van der Waals surface area contributed by atoms with Crippen LogP contribution in [-0.2, 0) is 0 Å². The van der Waals surface area contributed by atoms with E-state index in [4.69, 9.17) is 11.5 Å². The number of nitrogens with one attached hydrogen (secondary N) is 1. The van der Waals surface area contributed by atoms with Crippen LogP contribution in [0.25, 0.3) is 0 Å². The van der Waals surface area contributed by atoms with E-state index in [1.54, 1.807) is 6.34 Å². The summed E-state index contributed by atoms with van der Waals surface area (Å²) in [4.78, 5) is 0. The Morgan fingerprint density at radius 1 is 1.86 bits per heavy atom. The molecule has 0 aromatic heterocycles. The van der Waals surface area contributed by atoms with Crippen molar-refractivity contribution >= 4 is 23.3 Å². The number of rotatable bonds is 2. The molecule has 0 rings (SSSR count). The van der Waals surface area contributed by atoms with Gasteiger partial charge in [-0.05, 0) is 0 Å². The third-order valence-corrected chi connectivity index (χ3v) is 1.01. The van der Waals surface area contributed by atoms with Gasteiger partial charge in [0.1, 0.15) is 0 Å². The molecule has 1 N–H and O–H groups in total. The molecule has 0 aliphatic heterocycles. The molecule has 0 aromatic rings. The van der Waals surface area contributed by atoms with Crippen molar-refractivity contribution in [3.05, 3.63) is 0 Å². The second kappa shape index (κ2) is 4.35. The van der Waals surface area contributed by atoms with Gasteiger partial charge in [-0.1, -0.05) is 0 Å². The van der Waals surface area contributed by atoms with E-state index in [0.29, 0.717) is 0 Å². The van der Waals surface area contributed by atoms with Crippen LogP contribution in [0.3, 0.4) is 0 Å². The van der Waals surface area contributed by atoms with E-state index in [1.165, 1.54) is 0 Å². The van der Waals surface area contributed by atoms with E-state index >= 15 is 0 Å². The molecular weight excluding hydrogens is 108 g/mol. The van der Waals surface area contributed by atoms with Gasteiger partial charge in [-0.15, -0.1) is 0 Å². The third-order valence-electron chi connectivity index (χ3n) is 0.642. The molecule has 3 heteroatoms. The summed E-state index contributed by atoms with van der Waals surface area (Å²) in [5.74, 6) is 0. The molecule has 0 saturated heterocycles. The Labute approximate surface area is 49.9 Å². The van der Waals surface area contributed by atoms with Crippen LogP contribution in [0.5, 0.6) is 0 Å². The summed E-state index contributed by atoms with van der Waals surface area (Å²) in [6.07, 6.45) is 1.58. The average molecular weight is 117 g/mol. The van der Waals surface area contributed by atoms with Crippen molar-refractivity contribution in [2.45, 2.75) is 6.92 Å². The molecule has 0 atom stereocenters. The molecule has 0 aliphatic rings. The monoisotopic (exact) mass is 117 g/mol. The van der Waals surface area contributed by atoms with E-state index in [1.807, 2.05) is 14.0 Å². The topological polar surface area (TPSA) is 12.0 Å². The molecule has 40 valence electrons. The summed E-state index contributed by atoms with van der Waals surface area (Å²) in [6.45, 7) is 2.85. The first-order valence-electron chi connectivity index (χ1n) is 2.21. The van der Waals surface area contributed by atoms with Gasteiger partial charge in [0, 0.05) is 0 Å². The van der Waals surface area contributed by atoms with Crippen LogP contribution in [0.1, 0.15) is 6.92 Å². The fourth-order valence-electron chi connectivity index (χ4n) is 0.317. The van der Waals surface area contributed by atoms with Crippen LogP contribution < -0.4 is 5.32 Å². The first-order chi connectivity index (χ1) is 3.31. The molecule has 0 saturated carbocycles. The van der Waals surface area contributed by atoms with Crippen molar-refractivity contribution in [2.75, 3.05) is 13.6 Å². The van der Waals surface area contributed by atoms with Crippen LogP contribution in [0, 0.1) is 0 Å². The second-order valence-electron chi connectivity index (χ2n) is 1.49. The van der Waals surface area contributed by atoms with Crippen molar-refractivity contribution in [3.8, 4) is 0 Å². The fraction of sp³-hybridized carbons (Fsp3) is 0.750. The van der Waals surface area contributed by atoms with Gasteiger partial charge >= 0.3 is 49.1 Å². The van der Waals surface area contributed by atoms with Crippen LogP contribution >= 0.6 is 11.5 Å². The Bertz CT molecular complexity index is 72.1. The van der Waals surface area contributed by atoms with E-state index < -0.39 is 0 Å². The molecule has 0 amide bonds. The fourth-order valence-corrected chi connectivity index (χ4v) is 0.395. The SMILES string of the molecule is CNCC(C)=BCl. The quantitative estimate of drug-likeness (QED) is 0.512. The van der Waals surface area contributed by atoms with Gasteiger partial charge in [0.15, 0.2) is 0 Å². The van der Waals surface area contributed by atoms with Crippen LogP contribution in [0.15, 0.2) is 0 Å². The van der Waals surface area contributed by atoms with Crippen molar-refractivity contribution in [1.82, 2.24) is 5.32 Å². The summed E-state index contributed by atoms with van der Waals surface area (Å²) in [7, 11) is 1.89. The molecule has 0 spiro atoms. The molecule has 7 heavy (non-hydrogen) atoms. The zero-order valence-electron chi connectivity index (χ0n) is 4.66. The predicted molar refractivity (Wildman–Crippen MR) is 36.2 cm³/mol. The summed E-state index contributed by atoms with van der Waals surface area (Å²) in [5.41, 5.74) is 1.16. The van der Waals surface area contributed by atoms with Gasteiger partial charge in [0.25, 0.3) is 0 Å². The zero-order valence-corrected chi connectivity index (χ0v) is 5.42.